The molecule has 1 unspecified atom stereocenters. The van der Waals surface area contributed by atoms with Crippen molar-refractivity contribution in [2.45, 2.75) is 63.5 Å². The highest BCUT2D eigenvalue weighted by molar-refractivity contribution is 7.09. The minimum Gasteiger partial charge on any atom is -0.377 e. The molecule has 0 aromatic carbocycles. The Bertz CT molecular complexity index is 344. The van der Waals surface area contributed by atoms with Crippen LogP contribution in [0.2, 0.25) is 0 Å². The van der Waals surface area contributed by atoms with E-state index in [2.05, 4.69) is 29.8 Å². The first-order valence-corrected chi connectivity index (χ1v) is 8.49. The number of nitrogens with one attached hydrogen (secondary N) is 1. The van der Waals surface area contributed by atoms with E-state index in [1.54, 1.807) is 0 Å². The summed E-state index contributed by atoms with van der Waals surface area (Å²) in [5.74, 6) is 0. The van der Waals surface area contributed by atoms with E-state index >= 15 is 0 Å². The minimum atomic E-state index is 0.0530. The Morgan fingerprint density at radius 3 is 2.74 bits per heavy atom. The predicted octanol–water partition coefficient (Wildman–Crippen LogP) is 4.01. The van der Waals surface area contributed by atoms with E-state index in [1.165, 1.54) is 43.4 Å². The van der Waals surface area contributed by atoms with Crippen molar-refractivity contribution in [3.63, 3.8) is 0 Å². The molecule has 1 fully saturated rings. The van der Waals surface area contributed by atoms with Gasteiger partial charge in [0.2, 0.25) is 0 Å². The number of rotatable bonds is 7. The van der Waals surface area contributed by atoms with Crippen molar-refractivity contribution in [1.29, 1.82) is 0 Å². The molecule has 1 N–H and O–H groups in total. The van der Waals surface area contributed by atoms with Crippen LogP contribution in [0.5, 0.6) is 0 Å². The SMILES string of the molecule is CCCNC(Cc1cccs1)C1(OC)CCCCC1. The Hall–Kier alpha value is -0.380. The summed E-state index contributed by atoms with van der Waals surface area (Å²) in [4.78, 5) is 1.47. The zero-order valence-electron chi connectivity index (χ0n) is 12.3. The first-order chi connectivity index (χ1) is 9.30. The summed E-state index contributed by atoms with van der Waals surface area (Å²) in [7, 11) is 1.90. The van der Waals surface area contributed by atoms with Gasteiger partial charge < -0.3 is 10.1 Å². The van der Waals surface area contributed by atoms with Crippen molar-refractivity contribution in [3.05, 3.63) is 22.4 Å². The Kier molecular flexibility index (Phi) is 5.86. The van der Waals surface area contributed by atoms with Crippen molar-refractivity contribution in [2.24, 2.45) is 0 Å². The molecule has 108 valence electrons. The zero-order chi connectivity index (χ0) is 13.6. The van der Waals surface area contributed by atoms with E-state index in [0.29, 0.717) is 6.04 Å². The van der Waals surface area contributed by atoms with Gasteiger partial charge in [0.05, 0.1) is 5.60 Å². The lowest BCUT2D eigenvalue weighted by Gasteiger charge is -2.43. The van der Waals surface area contributed by atoms with Gasteiger partial charge in [-0.05, 0) is 43.7 Å². The molecule has 19 heavy (non-hydrogen) atoms. The molecule has 0 bridgehead atoms. The first-order valence-electron chi connectivity index (χ1n) is 7.61. The van der Waals surface area contributed by atoms with Gasteiger partial charge in [0, 0.05) is 18.0 Å². The molecule has 1 aliphatic rings. The lowest BCUT2D eigenvalue weighted by Crippen LogP contribution is -2.54. The van der Waals surface area contributed by atoms with Crippen LogP contribution in [0.3, 0.4) is 0 Å². The highest BCUT2D eigenvalue weighted by atomic mass is 32.1. The molecule has 1 aliphatic carbocycles. The molecule has 1 aromatic heterocycles. The lowest BCUT2D eigenvalue weighted by atomic mass is 9.77. The molecule has 1 heterocycles. The molecular weight excluding hydrogens is 254 g/mol. The van der Waals surface area contributed by atoms with Gasteiger partial charge in [-0.15, -0.1) is 11.3 Å². The fourth-order valence-electron chi connectivity index (χ4n) is 3.24. The van der Waals surface area contributed by atoms with Crippen LogP contribution >= 0.6 is 11.3 Å². The number of thiophene rings is 1. The summed E-state index contributed by atoms with van der Waals surface area (Å²) in [6.45, 7) is 3.32. The summed E-state index contributed by atoms with van der Waals surface area (Å²) < 4.78 is 6.03. The first kappa shape index (κ1) is 15.0. The summed E-state index contributed by atoms with van der Waals surface area (Å²) in [5.41, 5.74) is 0.0530. The standard InChI is InChI=1S/C16H27NOS/c1-3-11-17-15(13-14-8-7-12-19-14)16(18-2)9-5-4-6-10-16/h7-8,12,15,17H,3-6,9-11,13H2,1-2H3. The van der Waals surface area contributed by atoms with Gasteiger partial charge in [0.15, 0.2) is 0 Å². The molecule has 0 radical (unpaired) electrons. The Balaban J connectivity index is 2.09. The van der Waals surface area contributed by atoms with Crippen LogP contribution in [-0.2, 0) is 11.2 Å². The number of hydrogen-bond donors (Lipinski definition) is 1. The van der Waals surface area contributed by atoms with Crippen molar-refractivity contribution >= 4 is 11.3 Å². The summed E-state index contributed by atoms with van der Waals surface area (Å²) >= 11 is 1.86. The third kappa shape index (κ3) is 3.80. The van der Waals surface area contributed by atoms with Crippen LogP contribution in [-0.4, -0.2) is 25.3 Å². The van der Waals surface area contributed by atoms with E-state index in [0.717, 1.165) is 13.0 Å². The fourth-order valence-corrected chi connectivity index (χ4v) is 3.99. The van der Waals surface area contributed by atoms with E-state index in [9.17, 15) is 0 Å². The molecule has 1 saturated carbocycles. The number of hydrogen-bond acceptors (Lipinski definition) is 3. The second-order valence-electron chi connectivity index (χ2n) is 5.62. The molecule has 1 aromatic rings. The summed E-state index contributed by atoms with van der Waals surface area (Å²) in [5, 5.41) is 5.92. The largest absolute Gasteiger partial charge is 0.377 e. The maximum Gasteiger partial charge on any atom is 0.0834 e. The molecule has 0 aliphatic heterocycles. The molecular formula is C16H27NOS. The average Bonchev–Trinajstić information content (AvgIpc) is 2.97. The van der Waals surface area contributed by atoms with E-state index in [4.69, 9.17) is 4.74 Å². The van der Waals surface area contributed by atoms with Gasteiger partial charge in [0.25, 0.3) is 0 Å². The molecule has 3 heteroatoms. The van der Waals surface area contributed by atoms with E-state index < -0.39 is 0 Å². The Labute approximate surface area is 121 Å². The van der Waals surface area contributed by atoms with Crippen molar-refractivity contribution < 1.29 is 4.74 Å². The van der Waals surface area contributed by atoms with E-state index in [-0.39, 0.29) is 5.60 Å². The summed E-state index contributed by atoms with van der Waals surface area (Å²) in [6.07, 6.45) is 8.68. The van der Waals surface area contributed by atoms with Gasteiger partial charge in [-0.2, -0.15) is 0 Å². The highest BCUT2D eigenvalue weighted by Gasteiger charge is 2.39. The van der Waals surface area contributed by atoms with Gasteiger partial charge in [0.1, 0.15) is 0 Å². The van der Waals surface area contributed by atoms with Gasteiger partial charge in [-0.25, -0.2) is 0 Å². The molecule has 0 amide bonds. The van der Waals surface area contributed by atoms with Gasteiger partial charge in [-0.1, -0.05) is 32.3 Å². The van der Waals surface area contributed by atoms with Gasteiger partial charge in [-0.3, -0.25) is 0 Å². The predicted molar refractivity (Wildman–Crippen MR) is 82.9 cm³/mol. The molecule has 2 rings (SSSR count). The van der Waals surface area contributed by atoms with Crippen LogP contribution in [0.4, 0.5) is 0 Å². The maximum atomic E-state index is 6.03. The third-order valence-electron chi connectivity index (χ3n) is 4.37. The van der Waals surface area contributed by atoms with Gasteiger partial charge >= 0.3 is 0 Å². The van der Waals surface area contributed by atoms with Crippen molar-refractivity contribution in [3.8, 4) is 0 Å². The monoisotopic (exact) mass is 281 g/mol. The van der Waals surface area contributed by atoms with Crippen LogP contribution in [0, 0.1) is 0 Å². The number of ether oxygens (including phenoxy) is 1. The minimum absolute atomic E-state index is 0.0530. The Morgan fingerprint density at radius 2 is 2.16 bits per heavy atom. The number of methoxy groups -OCH3 is 1. The summed E-state index contributed by atoms with van der Waals surface area (Å²) in [6, 6.07) is 4.85. The van der Waals surface area contributed by atoms with Crippen molar-refractivity contribution in [1.82, 2.24) is 5.32 Å². The smallest absolute Gasteiger partial charge is 0.0834 e. The van der Waals surface area contributed by atoms with Crippen LogP contribution in [0.15, 0.2) is 17.5 Å². The van der Waals surface area contributed by atoms with Crippen LogP contribution < -0.4 is 5.32 Å². The topological polar surface area (TPSA) is 21.3 Å². The maximum absolute atomic E-state index is 6.03. The zero-order valence-corrected chi connectivity index (χ0v) is 13.1. The van der Waals surface area contributed by atoms with Crippen molar-refractivity contribution in [2.75, 3.05) is 13.7 Å². The molecule has 0 saturated heterocycles. The molecule has 0 spiro atoms. The highest BCUT2D eigenvalue weighted by Crippen LogP contribution is 2.35. The fraction of sp³-hybridized carbons (Fsp3) is 0.750. The second-order valence-corrected chi connectivity index (χ2v) is 6.65. The normalized spacial score (nSPS) is 20.3. The van der Waals surface area contributed by atoms with E-state index in [1.807, 2.05) is 18.4 Å². The van der Waals surface area contributed by atoms with Crippen LogP contribution in [0.25, 0.3) is 0 Å². The average molecular weight is 281 g/mol. The molecule has 1 atom stereocenters. The third-order valence-corrected chi connectivity index (χ3v) is 5.27. The Morgan fingerprint density at radius 1 is 1.37 bits per heavy atom. The second kappa shape index (κ2) is 7.41. The quantitative estimate of drug-likeness (QED) is 0.815. The molecule has 2 nitrogen and oxygen atoms in total. The lowest BCUT2D eigenvalue weighted by molar-refractivity contribution is -0.0670. The van der Waals surface area contributed by atoms with Crippen LogP contribution in [0.1, 0.15) is 50.3 Å².